The van der Waals surface area contributed by atoms with E-state index in [-0.39, 0.29) is 6.61 Å². The zero-order valence-electron chi connectivity index (χ0n) is 17.5. The molecule has 2 aromatic rings. The van der Waals surface area contributed by atoms with Crippen LogP contribution in [0.2, 0.25) is 0 Å². The Morgan fingerprint density at radius 3 is 2.37 bits per heavy atom. The Morgan fingerprint density at radius 1 is 1.10 bits per heavy atom. The number of ether oxygens (including phenoxy) is 1. The first-order chi connectivity index (χ1) is 14.3. The fourth-order valence-electron chi connectivity index (χ4n) is 2.84. The van der Waals surface area contributed by atoms with Crippen LogP contribution in [-0.4, -0.2) is 49.3 Å². The van der Waals surface area contributed by atoms with Gasteiger partial charge in [-0.05, 0) is 56.7 Å². The number of sulfone groups is 1. The quantitative estimate of drug-likeness (QED) is 0.592. The minimum Gasteiger partial charge on any atom is -0.448 e. The van der Waals surface area contributed by atoms with Gasteiger partial charge in [-0.1, -0.05) is 18.2 Å². The lowest BCUT2D eigenvalue weighted by atomic mass is 10.1. The number of benzene rings is 2. The van der Waals surface area contributed by atoms with E-state index in [1.807, 2.05) is 19.1 Å². The molecule has 0 aliphatic rings. The Hall–Kier alpha value is -2.39. The summed E-state index contributed by atoms with van der Waals surface area (Å²) in [7, 11) is -5.30. The second-order valence-corrected chi connectivity index (χ2v) is 10.7. The zero-order chi connectivity index (χ0) is 22.1. The third-order valence-electron chi connectivity index (χ3n) is 4.50. The lowest BCUT2D eigenvalue weighted by Gasteiger charge is -2.22. The summed E-state index contributed by atoms with van der Waals surface area (Å²) in [5.41, 5.74) is 2.54. The van der Waals surface area contributed by atoms with E-state index in [1.54, 1.807) is 36.4 Å². The monoisotopic (exact) mass is 452 g/mol. The van der Waals surface area contributed by atoms with Gasteiger partial charge >= 0.3 is 6.09 Å². The van der Waals surface area contributed by atoms with Gasteiger partial charge in [0.1, 0.15) is 11.7 Å². The minimum absolute atomic E-state index is 0.309. The fraction of sp³-hybridized carbons (Fsp3) is 0.381. The van der Waals surface area contributed by atoms with Crippen LogP contribution in [0.4, 0.5) is 16.2 Å². The van der Waals surface area contributed by atoms with E-state index in [0.29, 0.717) is 10.6 Å². The van der Waals surface area contributed by atoms with Crippen molar-refractivity contribution in [3.05, 3.63) is 54.1 Å². The average Bonchev–Trinajstić information content (AvgIpc) is 2.71. The number of hydrogen-bond acceptors (Lipinski definition) is 6. The number of amides is 1. The standard InChI is InChI=1S/C21H28N2O5S2/c1-4-23(5-2)18-11-12-20(17(3)15-18)22-21(24)28-13-14-30(26,27)16-29(25)19-9-7-6-8-10-19/h6-12,15H,4-5,13-14,16H2,1-3H3,(H,22,24). The normalized spacial score (nSPS) is 12.2. The maximum absolute atomic E-state index is 12.2. The fourth-order valence-corrected chi connectivity index (χ4v) is 5.96. The van der Waals surface area contributed by atoms with Crippen molar-refractivity contribution in [3.8, 4) is 0 Å². The molecule has 1 amide bonds. The molecule has 0 bridgehead atoms. The first-order valence-corrected chi connectivity index (χ1v) is 12.8. The van der Waals surface area contributed by atoms with Crippen LogP contribution >= 0.6 is 0 Å². The molecule has 1 N–H and O–H groups in total. The largest absolute Gasteiger partial charge is 0.448 e. The lowest BCUT2D eigenvalue weighted by molar-refractivity contribution is 0.168. The summed E-state index contributed by atoms with van der Waals surface area (Å²) in [6, 6.07) is 14.1. The Morgan fingerprint density at radius 2 is 1.77 bits per heavy atom. The molecule has 2 rings (SSSR count). The van der Waals surface area contributed by atoms with Crippen molar-refractivity contribution in [2.45, 2.75) is 25.7 Å². The third kappa shape index (κ3) is 7.14. The average molecular weight is 453 g/mol. The lowest BCUT2D eigenvalue weighted by Crippen LogP contribution is -2.23. The number of rotatable bonds is 10. The molecule has 0 aromatic heterocycles. The highest BCUT2D eigenvalue weighted by Crippen LogP contribution is 2.22. The van der Waals surface area contributed by atoms with Gasteiger partial charge < -0.3 is 9.64 Å². The number of aryl methyl sites for hydroxylation is 1. The summed E-state index contributed by atoms with van der Waals surface area (Å²) < 4.78 is 41.5. The van der Waals surface area contributed by atoms with Crippen molar-refractivity contribution < 1.29 is 22.2 Å². The van der Waals surface area contributed by atoms with Gasteiger partial charge in [0.25, 0.3) is 0 Å². The molecule has 7 nitrogen and oxygen atoms in total. The molecule has 0 saturated carbocycles. The number of hydrogen-bond donors (Lipinski definition) is 1. The highest BCUT2D eigenvalue weighted by Gasteiger charge is 2.18. The Kier molecular flexibility index (Phi) is 8.86. The van der Waals surface area contributed by atoms with Gasteiger partial charge in [0.2, 0.25) is 0 Å². The molecule has 1 atom stereocenters. The topological polar surface area (TPSA) is 92.8 Å². The van der Waals surface area contributed by atoms with Crippen LogP contribution in [0.25, 0.3) is 0 Å². The van der Waals surface area contributed by atoms with Crippen LogP contribution in [0, 0.1) is 6.92 Å². The smallest absolute Gasteiger partial charge is 0.411 e. The summed E-state index contributed by atoms with van der Waals surface area (Å²) in [6.45, 7) is 7.49. The van der Waals surface area contributed by atoms with Crippen molar-refractivity contribution >= 4 is 38.1 Å². The summed E-state index contributed by atoms with van der Waals surface area (Å²) >= 11 is 0. The van der Waals surface area contributed by atoms with Crippen LogP contribution in [0.3, 0.4) is 0 Å². The predicted molar refractivity (Wildman–Crippen MR) is 121 cm³/mol. The molecule has 2 aromatic carbocycles. The van der Waals surface area contributed by atoms with Crippen molar-refractivity contribution in [1.29, 1.82) is 0 Å². The van der Waals surface area contributed by atoms with Crippen LogP contribution < -0.4 is 10.2 Å². The summed E-state index contributed by atoms with van der Waals surface area (Å²) in [6.07, 6.45) is -0.729. The van der Waals surface area contributed by atoms with Crippen molar-refractivity contribution in [2.24, 2.45) is 0 Å². The molecule has 9 heteroatoms. The van der Waals surface area contributed by atoms with E-state index in [1.165, 1.54) is 0 Å². The van der Waals surface area contributed by atoms with E-state index in [0.717, 1.165) is 24.3 Å². The molecule has 1 unspecified atom stereocenters. The number of carbonyl (C=O) groups is 1. The molecule has 0 heterocycles. The van der Waals surface area contributed by atoms with Crippen LogP contribution in [0.1, 0.15) is 19.4 Å². The van der Waals surface area contributed by atoms with Crippen molar-refractivity contribution in [3.63, 3.8) is 0 Å². The summed E-state index contributed by atoms with van der Waals surface area (Å²) in [5, 5.41) is 2.12. The van der Waals surface area contributed by atoms with Gasteiger partial charge in [0.15, 0.2) is 9.84 Å². The van der Waals surface area contributed by atoms with Gasteiger partial charge in [0, 0.05) is 29.4 Å². The van der Waals surface area contributed by atoms with Crippen LogP contribution in [-0.2, 0) is 25.4 Å². The van der Waals surface area contributed by atoms with Gasteiger partial charge in [-0.15, -0.1) is 0 Å². The molecule has 0 saturated heterocycles. The molecule has 0 aliphatic heterocycles. The maximum Gasteiger partial charge on any atom is 0.411 e. The van der Waals surface area contributed by atoms with Crippen molar-refractivity contribution in [1.82, 2.24) is 0 Å². The first-order valence-electron chi connectivity index (χ1n) is 9.69. The minimum atomic E-state index is -3.64. The molecule has 0 spiro atoms. The highest BCUT2D eigenvalue weighted by atomic mass is 32.3. The third-order valence-corrected chi connectivity index (χ3v) is 8.37. The molecule has 0 radical (unpaired) electrons. The molecule has 30 heavy (non-hydrogen) atoms. The SMILES string of the molecule is CCN(CC)c1ccc(NC(=O)OCCS(=O)(=O)CS(=O)c2ccccc2)c(C)c1. The number of carbonyl (C=O) groups excluding carboxylic acids is 1. The van der Waals surface area contributed by atoms with Crippen LogP contribution in [0.15, 0.2) is 53.4 Å². The number of nitrogens with zero attached hydrogens (tertiary/aromatic N) is 1. The van der Waals surface area contributed by atoms with Crippen molar-refractivity contribution in [2.75, 3.05) is 40.8 Å². The summed E-state index contributed by atoms with van der Waals surface area (Å²) in [4.78, 5) is 14.7. The van der Waals surface area contributed by atoms with Gasteiger partial charge in [-0.25, -0.2) is 13.2 Å². The molecule has 0 fully saturated rings. The Balaban J connectivity index is 1.85. The van der Waals surface area contributed by atoms with E-state index in [9.17, 15) is 17.4 Å². The molecular formula is C21H28N2O5S2. The predicted octanol–water partition coefficient (Wildman–Crippen LogP) is 3.57. The molecular weight excluding hydrogens is 424 g/mol. The molecule has 164 valence electrons. The van der Waals surface area contributed by atoms with E-state index >= 15 is 0 Å². The Bertz CT molecular complexity index is 974. The second-order valence-electron chi connectivity index (χ2n) is 6.66. The number of nitrogens with one attached hydrogen (secondary N) is 1. The van der Waals surface area contributed by atoms with Crippen LogP contribution in [0.5, 0.6) is 0 Å². The second kappa shape index (κ2) is 11.1. The van der Waals surface area contributed by atoms with Gasteiger partial charge in [-0.2, -0.15) is 0 Å². The van der Waals surface area contributed by atoms with E-state index < -0.39 is 37.6 Å². The summed E-state index contributed by atoms with van der Waals surface area (Å²) in [5.74, 6) is -0.390. The van der Waals surface area contributed by atoms with Gasteiger partial charge in [0.05, 0.1) is 16.6 Å². The Labute approximate surface area is 180 Å². The van der Waals surface area contributed by atoms with Gasteiger partial charge in [-0.3, -0.25) is 9.53 Å². The van der Waals surface area contributed by atoms with E-state index in [4.69, 9.17) is 4.74 Å². The molecule has 0 aliphatic carbocycles. The van der Waals surface area contributed by atoms with E-state index in [2.05, 4.69) is 24.1 Å². The highest BCUT2D eigenvalue weighted by molar-refractivity contribution is 8.05. The zero-order valence-corrected chi connectivity index (χ0v) is 19.1. The maximum atomic E-state index is 12.2. The first kappa shape index (κ1) is 23.9. The number of anilines is 2.